The molecule has 0 aromatic heterocycles. The van der Waals surface area contributed by atoms with Crippen LogP contribution >= 0.6 is 0 Å². The molecule has 0 saturated heterocycles. The Kier molecular flexibility index (Phi) is 5.59. The van der Waals surface area contributed by atoms with Crippen LogP contribution in [0.25, 0.3) is 0 Å². The normalized spacial score (nSPS) is 11.6. The molecule has 0 saturated carbocycles. The Hall–Kier alpha value is -1.31. The van der Waals surface area contributed by atoms with Crippen molar-refractivity contribution in [1.29, 1.82) is 0 Å². The van der Waals surface area contributed by atoms with E-state index < -0.39 is 10.2 Å². The van der Waals surface area contributed by atoms with Crippen LogP contribution in [-0.4, -0.2) is 22.1 Å². The maximum atomic E-state index is 11.9. The molecule has 1 rings (SSSR count). The van der Waals surface area contributed by atoms with Gasteiger partial charge in [-0.3, -0.25) is 4.72 Å². The Morgan fingerprint density at radius 3 is 2.58 bits per heavy atom. The van der Waals surface area contributed by atoms with Crippen LogP contribution in [0.1, 0.15) is 19.4 Å². The van der Waals surface area contributed by atoms with Gasteiger partial charge in [-0.25, -0.2) is 0 Å². The van der Waals surface area contributed by atoms with E-state index in [1.54, 1.807) is 18.2 Å². The van der Waals surface area contributed by atoms with Crippen LogP contribution in [-0.2, 0) is 16.8 Å². The average molecular weight is 287 g/mol. The second kappa shape index (κ2) is 6.74. The number of methoxy groups -OCH3 is 1. The summed E-state index contributed by atoms with van der Waals surface area (Å²) in [4.78, 5) is 0. The second-order valence-corrected chi connectivity index (χ2v) is 6.05. The topological polar surface area (TPSA) is 93.4 Å². The largest absolute Gasteiger partial charge is 0.495 e. The molecular formula is C12H21N3O3S. The van der Waals surface area contributed by atoms with E-state index in [-0.39, 0.29) is 12.5 Å². The molecule has 0 amide bonds. The highest BCUT2D eigenvalue weighted by Gasteiger charge is 2.16. The van der Waals surface area contributed by atoms with E-state index in [1.165, 1.54) is 7.11 Å². The molecule has 0 aliphatic heterocycles. The Bertz CT molecular complexity index is 493. The van der Waals surface area contributed by atoms with Gasteiger partial charge in [0.1, 0.15) is 5.75 Å². The number of benzene rings is 1. The summed E-state index contributed by atoms with van der Waals surface area (Å²) in [5.74, 6) is 0.668. The summed E-state index contributed by atoms with van der Waals surface area (Å²) in [6, 6.07) is 5.20. The van der Waals surface area contributed by atoms with Gasteiger partial charge in [-0.1, -0.05) is 26.0 Å². The molecule has 0 radical (unpaired) electrons. The molecular weight excluding hydrogens is 266 g/mol. The number of hydrogen-bond donors (Lipinski definition) is 3. The van der Waals surface area contributed by atoms with Crippen LogP contribution in [0.15, 0.2) is 18.2 Å². The standard InChI is InChI=1S/C12H21N3O3S/c1-9(2)8-14-19(16,17)15-12-10(7-13)5-4-6-11(12)18-3/h4-6,9,14-15H,7-8,13H2,1-3H3. The number of ether oxygens (including phenoxy) is 1. The van der Waals surface area contributed by atoms with Crippen molar-refractivity contribution in [3.63, 3.8) is 0 Å². The predicted molar refractivity (Wildman–Crippen MR) is 76.3 cm³/mol. The van der Waals surface area contributed by atoms with Gasteiger partial charge in [0.05, 0.1) is 12.8 Å². The van der Waals surface area contributed by atoms with Crippen molar-refractivity contribution in [1.82, 2.24) is 4.72 Å². The van der Waals surface area contributed by atoms with E-state index in [0.717, 1.165) is 0 Å². The van der Waals surface area contributed by atoms with E-state index in [1.807, 2.05) is 13.8 Å². The zero-order chi connectivity index (χ0) is 14.5. The lowest BCUT2D eigenvalue weighted by Gasteiger charge is -2.16. The van der Waals surface area contributed by atoms with Gasteiger partial charge in [-0.05, 0) is 17.5 Å². The Morgan fingerprint density at radius 2 is 2.05 bits per heavy atom. The molecule has 0 fully saturated rings. The Balaban J connectivity index is 2.97. The molecule has 1 aromatic rings. The first kappa shape index (κ1) is 15.7. The molecule has 0 heterocycles. The first-order chi connectivity index (χ1) is 8.89. The molecule has 0 bridgehead atoms. The average Bonchev–Trinajstić information content (AvgIpc) is 2.36. The van der Waals surface area contributed by atoms with E-state index in [2.05, 4.69) is 9.44 Å². The molecule has 7 heteroatoms. The molecule has 6 nitrogen and oxygen atoms in total. The zero-order valence-corrected chi connectivity index (χ0v) is 12.3. The minimum atomic E-state index is -3.63. The van der Waals surface area contributed by atoms with Gasteiger partial charge in [-0.15, -0.1) is 0 Å². The molecule has 0 spiro atoms. The number of nitrogens with one attached hydrogen (secondary N) is 2. The lowest BCUT2D eigenvalue weighted by atomic mass is 10.1. The van der Waals surface area contributed by atoms with Gasteiger partial charge in [0.25, 0.3) is 10.2 Å². The van der Waals surface area contributed by atoms with Crippen LogP contribution in [0.3, 0.4) is 0 Å². The van der Waals surface area contributed by atoms with E-state index >= 15 is 0 Å². The van der Waals surface area contributed by atoms with Crippen LogP contribution < -0.4 is 19.9 Å². The minimum Gasteiger partial charge on any atom is -0.495 e. The van der Waals surface area contributed by atoms with Crippen molar-refractivity contribution in [2.24, 2.45) is 11.7 Å². The van der Waals surface area contributed by atoms with Crippen molar-refractivity contribution in [3.8, 4) is 5.75 Å². The van der Waals surface area contributed by atoms with Gasteiger partial charge in [0, 0.05) is 13.1 Å². The first-order valence-corrected chi connectivity index (χ1v) is 7.51. The Labute approximate surface area is 114 Å². The SMILES string of the molecule is COc1cccc(CN)c1NS(=O)(=O)NCC(C)C. The number of anilines is 1. The van der Waals surface area contributed by atoms with Gasteiger partial charge in [0.2, 0.25) is 0 Å². The predicted octanol–water partition coefficient (Wildman–Crippen LogP) is 1.06. The smallest absolute Gasteiger partial charge is 0.299 e. The summed E-state index contributed by atoms with van der Waals surface area (Å²) in [7, 11) is -2.15. The molecule has 0 aliphatic carbocycles. The summed E-state index contributed by atoms with van der Waals surface area (Å²) in [5, 5.41) is 0. The third-order valence-corrected chi connectivity index (χ3v) is 3.49. The quantitative estimate of drug-likeness (QED) is 0.699. The van der Waals surface area contributed by atoms with Crippen molar-refractivity contribution in [3.05, 3.63) is 23.8 Å². The van der Waals surface area contributed by atoms with Crippen LogP contribution in [0.4, 0.5) is 5.69 Å². The summed E-state index contributed by atoms with van der Waals surface area (Å²) >= 11 is 0. The summed E-state index contributed by atoms with van der Waals surface area (Å²) in [6.07, 6.45) is 0. The minimum absolute atomic E-state index is 0.221. The molecule has 4 N–H and O–H groups in total. The van der Waals surface area contributed by atoms with Crippen molar-refractivity contribution >= 4 is 15.9 Å². The number of hydrogen-bond acceptors (Lipinski definition) is 4. The van der Waals surface area contributed by atoms with Crippen LogP contribution in [0.2, 0.25) is 0 Å². The third kappa shape index (κ3) is 4.70. The van der Waals surface area contributed by atoms with Crippen molar-refractivity contribution in [2.75, 3.05) is 18.4 Å². The number of para-hydroxylation sites is 1. The van der Waals surface area contributed by atoms with Gasteiger partial charge in [0.15, 0.2) is 0 Å². The van der Waals surface area contributed by atoms with Crippen molar-refractivity contribution in [2.45, 2.75) is 20.4 Å². The fourth-order valence-corrected chi connectivity index (χ4v) is 2.60. The summed E-state index contributed by atoms with van der Waals surface area (Å²) in [5.41, 5.74) is 6.66. The summed E-state index contributed by atoms with van der Waals surface area (Å²) < 4.78 is 33.9. The third-order valence-electron chi connectivity index (χ3n) is 2.47. The lowest BCUT2D eigenvalue weighted by Crippen LogP contribution is -2.33. The molecule has 0 unspecified atom stereocenters. The van der Waals surface area contributed by atoms with Gasteiger partial charge >= 0.3 is 0 Å². The van der Waals surface area contributed by atoms with Gasteiger partial charge < -0.3 is 10.5 Å². The Morgan fingerprint density at radius 1 is 1.37 bits per heavy atom. The highest BCUT2D eigenvalue weighted by Crippen LogP contribution is 2.28. The molecule has 108 valence electrons. The van der Waals surface area contributed by atoms with Crippen molar-refractivity contribution < 1.29 is 13.2 Å². The van der Waals surface area contributed by atoms with Crippen LogP contribution in [0, 0.1) is 5.92 Å². The second-order valence-electron chi connectivity index (χ2n) is 4.55. The van der Waals surface area contributed by atoms with E-state index in [9.17, 15) is 8.42 Å². The monoisotopic (exact) mass is 287 g/mol. The number of nitrogens with two attached hydrogens (primary N) is 1. The van der Waals surface area contributed by atoms with Crippen LogP contribution in [0.5, 0.6) is 5.75 Å². The van der Waals surface area contributed by atoms with Gasteiger partial charge in [-0.2, -0.15) is 13.1 Å². The maximum absolute atomic E-state index is 11.9. The lowest BCUT2D eigenvalue weighted by molar-refractivity contribution is 0.416. The highest BCUT2D eigenvalue weighted by molar-refractivity contribution is 7.90. The van der Waals surface area contributed by atoms with E-state index in [0.29, 0.717) is 23.5 Å². The molecule has 0 aliphatic rings. The molecule has 19 heavy (non-hydrogen) atoms. The molecule has 1 aromatic carbocycles. The maximum Gasteiger partial charge on any atom is 0.299 e. The fraction of sp³-hybridized carbons (Fsp3) is 0.500. The zero-order valence-electron chi connectivity index (χ0n) is 11.4. The van der Waals surface area contributed by atoms with E-state index in [4.69, 9.17) is 10.5 Å². The molecule has 0 atom stereocenters. The highest BCUT2D eigenvalue weighted by atomic mass is 32.2. The number of rotatable bonds is 7. The first-order valence-electron chi connectivity index (χ1n) is 6.03. The summed E-state index contributed by atoms with van der Waals surface area (Å²) in [6.45, 7) is 4.44. The fourth-order valence-electron chi connectivity index (χ4n) is 1.48.